The first-order chi connectivity index (χ1) is 10.0. The topological polar surface area (TPSA) is 59.4 Å². The van der Waals surface area contributed by atoms with Crippen LogP contribution in [0, 0.1) is 13.8 Å². The van der Waals surface area contributed by atoms with Crippen LogP contribution in [0.5, 0.6) is 5.75 Å². The predicted molar refractivity (Wildman–Crippen MR) is 83.2 cm³/mol. The molecule has 2 rings (SSSR count). The highest BCUT2D eigenvalue weighted by Gasteiger charge is 2.16. The Morgan fingerprint density at radius 2 is 2.05 bits per heavy atom. The Balaban J connectivity index is 2.30. The molecule has 0 unspecified atom stereocenters. The second-order valence-electron chi connectivity index (χ2n) is 4.67. The molecule has 1 aromatic heterocycles. The number of thioether (sulfide) groups is 1. The highest BCUT2D eigenvalue weighted by molar-refractivity contribution is 7.98. The molecule has 1 heterocycles. The summed E-state index contributed by atoms with van der Waals surface area (Å²) >= 11 is 1.41. The fourth-order valence-corrected chi connectivity index (χ4v) is 3.27. The van der Waals surface area contributed by atoms with E-state index in [1.807, 2.05) is 31.2 Å². The summed E-state index contributed by atoms with van der Waals surface area (Å²) in [6.07, 6.45) is 0. The molecular weight excluding hydrogens is 286 g/mol. The van der Waals surface area contributed by atoms with E-state index in [0.717, 1.165) is 22.6 Å². The second-order valence-corrected chi connectivity index (χ2v) is 5.63. The van der Waals surface area contributed by atoms with Gasteiger partial charge in [-0.15, -0.1) is 11.8 Å². The lowest BCUT2D eigenvalue weighted by molar-refractivity contribution is 0.0691. The Morgan fingerprint density at radius 1 is 1.33 bits per heavy atom. The van der Waals surface area contributed by atoms with Gasteiger partial charge in [-0.3, -0.25) is 0 Å². The Bertz CT molecular complexity index is 671. The van der Waals surface area contributed by atoms with Gasteiger partial charge in [0.05, 0.1) is 12.7 Å². The molecule has 110 valence electrons. The number of aromatic carboxylic acids is 1. The quantitative estimate of drug-likeness (QED) is 0.853. The van der Waals surface area contributed by atoms with Gasteiger partial charge in [0.2, 0.25) is 0 Å². The molecule has 0 saturated heterocycles. The Morgan fingerprint density at radius 3 is 2.71 bits per heavy atom. The minimum absolute atomic E-state index is 0.278. The SMILES string of the molecule is COc1ccccc1CSc1nc(C)cc(C)c1C(=O)O. The van der Waals surface area contributed by atoms with Gasteiger partial charge in [0.1, 0.15) is 10.8 Å². The van der Waals surface area contributed by atoms with Crippen molar-refractivity contribution in [1.29, 1.82) is 0 Å². The number of rotatable bonds is 5. The van der Waals surface area contributed by atoms with Crippen LogP contribution >= 0.6 is 11.8 Å². The van der Waals surface area contributed by atoms with Gasteiger partial charge in [-0.1, -0.05) is 18.2 Å². The third kappa shape index (κ3) is 3.55. The summed E-state index contributed by atoms with van der Waals surface area (Å²) in [5.74, 6) is 0.467. The number of nitrogens with zero attached hydrogens (tertiary/aromatic N) is 1. The molecule has 0 aliphatic heterocycles. The zero-order valence-electron chi connectivity index (χ0n) is 12.2. The van der Waals surface area contributed by atoms with Crippen LogP contribution in [0.1, 0.15) is 27.2 Å². The van der Waals surface area contributed by atoms with Gasteiger partial charge in [0.25, 0.3) is 0 Å². The fraction of sp³-hybridized carbons (Fsp3) is 0.250. The van der Waals surface area contributed by atoms with Crippen LogP contribution in [0.4, 0.5) is 0 Å². The molecule has 1 N–H and O–H groups in total. The van der Waals surface area contributed by atoms with Crippen molar-refractivity contribution in [2.75, 3.05) is 7.11 Å². The van der Waals surface area contributed by atoms with E-state index in [4.69, 9.17) is 4.74 Å². The molecule has 0 atom stereocenters. The first kappa shape index (κ1) is 15.4. The van der Waals surface area contributed by atoms with Crippen molar-refractivity contribution in [1.82, 2.24) is 4.98 Å². The summed E-state index contributed by atoms with van der Waals surface area (Å²) in [6, 6.07) is 9.49. The van der Waals surface area contributed by atoms with E-state index in [2.05, 4.69) is 4.98 Å². The van der Waals surface area contributed by atoms with Gasteiger partial charge in [-0.05, 0) is 31.5 Å². The van der Waals surface area contributed by atoms with Crippen molar-refractivity contribution in [3.05, 3.63) is 52.7 Å². The molecule has 0 aliphatic carbocycles. The van der Waals surface area contributed by atoms with Crippen LogP contribution in [0.3, 0.4) is 0 Å². The highest BCUT2D eigenvalue weighted by Crippen LogP contribution is 2.30. The minimum atomic E-state index is -0.942. The molecule has 21 heavy (non-hydrogen) atoms. The number of pyridine rings is 1. The molecule has 0 fully saturated rings. The average molecular weight is 303 g/mol. The van der Waals surface area contributed by atoms with Gasteiger partial charge in [-0.2, -0.15) is 0 Å². The van der Waals surface area contributed by atoms with E-state index in [9.17, 15) is 9.90 Å². The number of methoxy groups -OCH3 is 1. The van der Waals surface area contributed by atoms with Crippen molar-refractivity contribution < 1.29 is 14.6 Å². The lowest BCUT2D eigenvalue weighted by Crippen LogP contribution is -2.05. The van der Waals surface area contributed by atoms with E-state index < -0.39 is 5.97 Å². The van der Waals surface area contributed by atoms with Crippen LogP contribution in [-0.2, 0) is 5.75 Å². The zero-order chi connectivity index (χ0) is 15.4. The van der Waals surface area contributed by atoms with Crippen molar-refractivity contribution in [3.63, 3.8) is 0 Å². The summed E-state index contributed by atoms with van der Waals surface area (Å²) in [6.45, 7) is 3.66. The lowest BCUT2D eigenvalue weighted by atomic mass is 10.1. The number of carboxylic acid groups (broad SMARTS) is 1. The molecule has 5 heteroatoms. The monoisotopic (exact) mass is 303 g/mol. The Kier molecular flexibility index (Phi) is 4.85. The van der Waals surface area contributed by atoms with Gasteiger partial charge < -0.3 is 9.84 Å². The molecule has 0 radical (unpaired) electrons. The van der Waals surface area contributed by atoms with E-state index in [1.54, 1.807) is 20.1 Å². The Hall–Kier alpha value is -2.01. The summed E-state index contributed by atoms with van der Waals surface area (Å²) in [5, 5.41) is 9.90. The van der Waals surface area contributed by atoms with Crippen LogP contribution < -0.4 is 4.74 Å². The van der Waals surface area contributed by atoms with Gasteiger partial charge >= 0.3 is 5.97 Å². The van der Waals surface area contributed by atoms with E-state index >= 15 is 0 Å². The molecule has 0 spiro atoms. The first-order valence-corrected chi connectivity index (χ1v) is 7.47. The zero-order valence-corrected chi connectivity index (χ0v) is 13.0. The molecule has 2 aromatic rings. The predicted octanol–water partition coefficient (Wildman–Crippen LogP) is 3.70. The third-order valence-electron chi connectivity index (χ3n) is 3.08. The van der Waals surface area contributed by atoms with Crippen LogP contribution in [0.15, 0.2) is 35.4 Å². The van der Waals surface area contributed by atoms with Crippen molar-refractivity contribution in [2.45, 2.75) is 24.6 Å². The van der Waals surface area contributed by atoms with Crippen molar-refractivity contribution >= 4 is 17.7 Å². The standard InChI is InChI=1S/C16H17NO3S/c1-10-8-11(2)17-15(14(10)16(18)19)21-9-12-6-4-5-7-13(12)20-3/h4-8H,9H2,1-3H3,(H,18,19). The largest absolute Gasteiger partial charge is 0.496 e. The summed E-state index contributed by atoms with van der Waals surface area (Å²) in [5.41, 5.74) is 2.85. The van der Waals surface area contributed by atoms with Gasteiger partial charge in [0, 0.05) is 17.0 Å². The number of para-hydroxylation sites is 1. The summed E-state index contributed by atoms with van der Waals surface area (Å²) in [7, 11) is 1.63. The number of benzene rings is 1. The van der Waals surface area contributed by atoms with Gasteiger partial charge in [0.15, 0.2) is 0 Å². The molecule has 0 bridgehead atoms. The maximum atomic E-state index is 11.4. The molecular formula is C16H17NO3S. The molecule has 0 saturated carbocycles. The Labute approximate surface area is 128 Å². The maximum Gasteiger partial charge on any atom is 0.338 e. The first-order valence-electron chi connectivity index (χ1n) is 6.49. The molecule has 1 aromatic carbocycles. The van der Waals surface area contributed by atoms with Crippen LogP contribution in [0.2, 0.25) is 0 Å². The molecule has 0 amide bonds. The normalized spacial score (nSPS) is 10.4. The van der Waals surface area contributed by atoms with Crippen molar-refractivity contribution in [2.24, 2.45) is 0 Å². The number of carbonyl (C=O) groups is 1. The maximum absolute atomic E-state index is 11.4. The molecule has 0 aliphatic rings. The van der Waals surface area contributed by atoms with E-state index in [0.29, 0.717) is 10.8 Å². The average Bonchev–Trinajstić information content (AvgIpc) is 2.44. The number of ether oxygens (including phenoxy) is 1. The third-order valence-corrected chi connectivity index (χ3v) is 4.11. The molecule has 4 nitrogen and oxygen atoms in total. The van der Waals surface area contributed by atoms with Gasteiger partial charge in [-0.25, -0.2) is 9.78 Å². The lowest BCUT2D eigenvalue weighted by Gasteiger charge is -2.11. The minimum Gasteiger partial charge on any atom is -0.496 e. The number of hydrogen-bond donors (Lipinski definition) is 1. The fourth-order valence-electron chi connectivity index (χ4n) is 2.14. The summed E-state index contributed by atoms with van der Waals surface area (Å²) in [4.78, 5) is 15.8. The highest BCUT2D eigenvalue weighted by atomic mass is 32.2. The summed E-state index contributed by atoms with van der Waals surface area (Å²) < 4.78 is 5.31. The number of carboxylic acids is 1. The van der Waals surface area contributed by atoms with E-state index in [-0.39, 0.29) is 5.56 Å². The number of aryl methyl sites for hydroxylation is 2. The number of aromatic nitrogens is 1. The van der Waals surface area contributed by atoms with E-state index in [1.165, 1.54) is 11.8 Å². The smallest absolute Gasteiger partial charge is 0.338 e. The van der Waals surface area contributed by atoms with Crippen molar-refractivity contribution in [3.8, 4) is 5.75 Å². The number of hydrogen-bond acceptors (Lipinski definition) is 4. The second kappa shape index (κ2) is 6.63. The van der Waals surface area contributed by atoms with Crippen LogP contribution in [-0.4, -0.2) is 23.2 Å². The van der Waals surface area contributed by atoms with Crippen LogP contribution in [0.25, 0.3) is 0 Å².